The van der Waals surface area contributed by atoms with Crippen LogP contribution in [0.2, 0.25) is 0 Å². The van der Waals surface area contributed by atoms with E-state index in [9.17, 15) is 14.7 Å². The van der Waals surface area contributed by atoms with Crippen LogP contribution in [0.1, 0.15) is 23.7 Å². The van der Waals surface area contributed by atoms with Crippen molar-refractivity contribution >= 4 is 33.6 Å². The Hall–Kier alpha value is -1.60. The summed E-state index contributed by atoms with van der Waals surface area (Å²) in [7, 11) is 0. The maximum absolute atomic E-state index is 12.2. The number of hydrogen-bond donors (Lipinski definition) is 3. The third-order valence-corrected chi connectivity index (χ3v) is 4.15. The van der Waals surface area contributed by atoms with E-state index in [1.54, 1.807) is 12.1 Å². The van der Waals surface area contributed by atoms with Gasteiger partial charge in [-0.2, -0.15) is 0 Å². The number of carbonyl (C=O) groups excluding carboxylic acids is 1. The SMILES string of the molecule is CC1CCN(C(=O)Nc2cc(Br)ccc2C(=O)O)CC1O. The average molecular weight is 357 g/mol. The number of benzene rings is 1. The van der Waals surface area contributed by atoms with E-state index < -0.39 is 18.1 Å². The first-order chi connectivity index (χ1) is 9.88. The van der Waals surface area contributed by atoms with Crippen LogP contribution in [0, 0.1) is 5.92 Å². The number of rotatable bonds is 2. The molecule has 3 N–H and O–H groups in total. The highest BCUT2D eigenvalue weighted by Crippen LogP contribution is 2.23. The summed E-state index contributed by atoms with van der Waals surface area (Å²) < 4.78 is 0.676. The Bertz CT molecular complexity index is 564. The Balaban J connectivity index is 2.13. The molecule has 1 aromatic carbocycles. The third-order valence-electron chi connectivity index (χ3n) is 3.66. The molecule has 0 aliphatic carbocycles. The highest BCUT2D eigenvalue weighted by atomic mass is 79.9. The second-order valence-electron chi connectivity index (χ2n) is 5.20. The van der Waals surface area contributed by atoms with Crippen LogP contribution in [0.15, 0.2) is 22.7 Å². The average Bonchev–Trinajstić information content (AvgIpc) is 2.41. The highest BCUT2D eigenvalue weighted by Gasteiger charge is 2.27. The van der Waals surface area contributed by atoms with Gasteiger partial charge in [0.2, 0.25) is 0 Å². The molecule has 2 amide bonds. The minimum Gasteiger partial charge on any atom is -0.478 e. The number of hydrogen-bond acceptors (Lipinski definition) is 3. The predicted octanol–water partition coefficient (Wildman–Crippen LogP) is 2.38. The van der Waals surface area contributed by atoms with E-state index in [0.29, 0.717) is 11.0 Å². The largest absolute Gasteiger partial charge is 0.478 e. The number of carboxylic acids is 1. The summed E-state index contributed by atoms with van der Waals surface area (Å²) in [4.78, 5) is 24.9. The van der Waals surface area contributed by atoms with E-state index in [-0.39, 0.29) is 23.7 Å². The lowest BCUT2D eigenvalue weighted by Gasteiger charge is -2.34. The number of aliphatic hydroxyl groups excluding tert-OH is 1. The molecule has 6 nitrogen and oxygen atoms in total. The van der Waals surface area contributed by atoms with E-state index in [1.807, 2.05) is 6.92 Å². The summed E-state index contributed by atoms with van der Waals surface area (Å²) in [6.45, 7) is 2.74. The number of amides is 2. The number of nitrogens with zero attached hydrogens (tertiary/aromatic N) is 1. The van der Waals surface area contributed by atoms with Gasteiger partial charge < -0.3 is 20.4 Å². The summed E-state index contributed by atoms with van der Waals surface area (Å²) in [5, 5.41) is 21.6. The van der Waals surface area contributed by atoms with Gasteiger partial charge in [0.05, 0.1) is 17.4 Å². The molecule has 2 rings (SSSR count). The van der Waals surface area contributed by atoms with Crippen molar-refractivity contribution in [2.24, 2.45) is 5.92 Å². The lowest BCUT2D eigenvalue weighted by molar-refractivity contribution is 0.0463. The number of anilines is 1. The molecular formula is C14H17BrN2O4. The lowest BCUT2D eigenvalue weighted by Crippen LogP contribution is -2.47. The number of β-amino-alcohol motifs (C(OH)–C–C–N with tert-alkyl or cyclic N) is 1. The molecule has 2 atom stereocenters. The summed E-state index contributed by atoms with van der Waals surface area (Å²) >= 11 is 3.25. The lowest BCUT2D eigenvalue weighted by atomic mass is 9.96. The van der Waals surface area contributed by atoms with E-state index >= 15 is 0 Å². The second kappa shape index (κ2) is 6.44. The quantitative estimate of drug-likeness (QED) is 0.758. The molecule has 0 aromatic heterocycles. The van der Waals surface area contributed by atoms with Crippen LogP contribution in [0.4, 0.5) is 10.5 Å². The fourth-order valence-corrected chi connectivity index (χ4v) is 2.60. The monoisotopic (exact) mass is 356 g/mol. The van der Waals surface area contributed by atoms with Crippen molar-refractivity contribution in [1.82, 2.24) is 4.90 Å². The molecule has 7 heteroatoms. The van der Waals surface area contributed by atoms with Crippen molar-refractivity contribution in [2.45, 2.75) is 19.4 Å². The first-order valence-corrected chi connectivity index (χ1v) is 7.44. The van der Waals surface area contributed by atoms with Crippen LogP contribution in [0.5, 0.6) is 0 Å². The smallest absolute Gasteiger partial charge is 0.337 e. The number of nitrogens with one attached hydrogen (secondary N) is 1. The first-order valence-electron chi connectivity index (χ1n) is 6.65. The van der Waals surface area contributed by atoms with Crippen molar-refractivity contribution in [1.29, 1.82) is 0 Å². The number of halogens is 1. The summed E-state index contributed by atoms with van der Waals surface area (Å²) in [5.74, 6) is -0.945. The fraction of sp³-hybridized carbons (Fsp3) is 0.429. The standard InChI is InChI=1S/C14H17BrN2O4/c1-8-4-5-17(7-12(8)18)14(21)16-11-6-9(15)2-3-10(11)13(19)20/h2-3,6,8,12,18H,4-5,7H2,1H3,(H,16,21)(H,19,20). The van der Waals surface area contributed by atoms with Crippen molar-refractivity contribution in [3.05, 3.63) is 28.2 Å². The van der Waals surface area contributed by atoms with Gasteiger partial charge in [-0.15, -0.1) is 0 Å². The summed E-state index contributed by atoms with van der Waals surface area (Å²) in [5.41, 5.74) is 0.257. The van der Waals surface area contributed by atoms with Crippen LogP contribution in [0.3, 0.4) is 0 Å². The minimum atomic E-state index is -1.11. The van der Waals surface area contributed by atoms with Crippen molar-refractivity contribution in [3.63, 3.8) is 0 Å². The molecule has 1 aliphatic heterocycles. The molecule has 0 spiro atoms. The van der Waals surface area contributed by atoms with Gasteiger partial charge in [0.25, 0.3) is 0 Å². The zero-order valence-electron chi connectivity index (χ0n) is 11.5. The van der Waals surface area contributed by atoms with Crippen molar-refractivity contribution in [3.8, 4) is 0 Å². The van der Waals surface area contributed by atoms with Crippen molar-refractivity contribution < 1.29 is 19.8 Å². The maximum Gasteiger partial charge on any atom is 0.337 e. The van der Waals surface area contributed by atoms with Crippen LogP contribution in [0.25, 0.3) is 0 Å². The van der Waals surface area contributed by atoms with Crippen LogP contribution >= 0.6 is 15.9 Å². The van der Waals surface area contributed by atoms with Crippen molar-refractivity contribution in [2.75, 3.05) is 18.4 Å². The fourth-order valence-electron chi connectivity index (χ4n) is 2.23. The van der Waals surface area contributed by atoms with Gasteiger partial charge in [-0.05, 0) is 30.5 Å². The van der Waals surface area contributed by atoms with Crippen LogP contribution in [-0.4, -0.2) is 46.3 Å². The van der Waals surface area contributed by atoms with Gasteiger partial charge in [-0.1, -0.05) is 22.9 Å². The molecule has 1 heterocycles. The number of piperidine rings is 1. The number of likely N-dealkylation sites (tertiary alicyclic amines) is 1. The molecule has 1 aromatic rings. The molecule has 2 unspecified atom stereocenters. The van der Waals surface area contributed by atoms with E-state index in [2.05, 4.69) is 21.2 Å². The Labute approximate surface area is 130 Å². The van der Waals surface area contributed by atoms with E-state index in [1.165, 1.54) is 11.0 Å². The molecule has 21 heavy (non-hydrogen) atoms. The Morgan fingerprint density at radius 3 is 2.76 bits per heavy atom. The molecule has 1 fully saturated rings. The Morgan fingerprint density at radius 2 is 2.14 bits per heavy atom. The molecular weight excluding hydrogens is 340 g/mol. The van der Waals surface area contributed by atoms with Crippen LogP contribution < -0.4 is 5.32 Å². The van der Waals surface area contributed by atoms with Gasteiger partial charge in [0.1, 0.15) is 0 Å². The summed E-state index contributed by atoms with van der Waals surface area (Å²) in [6, 6.07) is 4.17. The molecule has 0 radical (unpaired) electrons. The number of aliphatic hydroxyl groups is 1. The van der Waals surface area contributed by atoms with Crippen LogP contribution in [-0.2, 0) is 0 Å². The zero-order valence-corrected chi connectivity index (χ0v) is 13.1. The van der Waals surface area contributed by atoms with Gasteiger partial charge in [-0.3, -0.25) is 0 Å². The Kier molecular flexibility index (Phi) is 4.84. The number of urea groups is 1. The van der Waals surface area contributed by atoms with E-state index in [0.717, 1.165) is 6.42 Å². The Morgan fingerprint density at radius 1 is 1.43 bits per heavy atom. The zero-order chi connectivity index (χ0) is 15.6. The van der Waals surface area contributed by atoms with E-state index in [4.69, 9.17) is 5.11 Å². The first kappa shape index (κ1) is 15.8. The third kappa shape index (κ3) is 3.74. The minimum absolute atomic E-state index is 0.0254. The molecule has 0 bridgehead atoms. The summed E-state index contributed by atoms with van der Waals surface area (Å²) in [6.07, 6.45) is 0.171. The normalized spacial score (nSPS) is 22.0. The molecule has 0 saturated carbocycles. The molecule has 1 saturated heterocycles. The number of carboxylic acid groups (broad SMARTS) is 1. The van der Waals surface area contributed by atoms with Gasteiger partial charge in [-0.25, -0.2) is 9.59 Å². The highest BCUT2D eigenvalue weighted by molar-refractivity contribution is 9.10. The predicted molar refractivity (Wildman–Crippen MR) is 81.5 cm³/mol. The van der Waals surface area contributed by atoms with Gasteiger partial charge in [0.15, 0.2) is 0 Å². The number of carbonyl (C=O) groups is 2. The maximum atomic E-state index is 12.2. The van der Waals surface area contributed by atoms with Gasteiger partial charge >= 0.3 is 12.0 Å². The molecule has 114 valence electrons. The second-order valence-corrected chi connectivity index (χ2v) is 6.12. The number of aromatic carboxylic acids is 1. The molecule has 1 aliphatic rings. The van der Waals surface area contributed by atoms with Gasteiger partial charge in [0, 0.05) is 17.6 Å². The topological polar surface area (TPSA) is 89.9 Å².